The van der Waals surface area contributed by atoms with Crippen LogP contribution in [0.5, 0.6) is 0 Å². The first kappa shape index (κ1) is 7.10. The standard InChI is InChI=1S/C8H12O3/c1-5-3-2-4-6-8(5,11-6)7(9)10/h5-6H,2-4H2,1H3,(H,9,10). The van der Waals surface area contributed by atoms with Gasteiger partial charge in [-0.15, -0.1) is 0 Å². The molecule has 1 aliphatic heterocycles. The van der Waals surface area contributed by atoms with Crippen LogP contribution in [0.3, 0.4) is 0 Å². The molecule has 0 bridgehead atoms. The zero-order chi connectivity index (χ0) is 8.06. The van der Waals surface area contributed by atoms with Gasteiger partial charge >= 0.3 is 5.97 Å². The van der Waals surface area contributed by atoms with E-state index in [-0.39, 0.29) is 12.0 Å². The Balaban J connectivity index is 2.20. The van der Waals surface area contributed by atoms with Crippen LogP contribution in [-0.4, -0.2) is 22.8 Å². The molecule has 3 heteroatoms. The number of hydrogen-bond acceptors (Lipinski definition) is 2. The van der Waals surface area contributed by atoms with Crippen molar-refractivity contribution < 1.29 is 14.6 Å². The number of carboxylic acids is 1. The van der Waals surface area contributed by atoms with Crippen molar-refractivity contribution in [3.05, 3.63) is 0 Å². The lowest BCUT2D eigenvalue weighted by Gasteiger charge is -2.20. The van der Waals surface area contributed by atoms with Gasteiger partial charge in [0, 0.05) is 0 Å². The molecule has 62 valence electrons. The Morgan fingerprint density at radius 1 is 1.64 bits per heavy atom. The third-order valence-electron chi connectivity index (χ3n) is 2.93. The van der Waals surface area contributed by atoms with Crippen molar-refractivity contribution >= 4 is 5.97 Å². The van der Waals surface area contributed by atoms with Crippen LogP contribution in [-0.2, 0) is 9.53 Å². The SMILES string of the molecule is CC1CCCC2OC12C(=O)O. The topological polar surface area (TPSA) is 49.8 Å². The van der Waals surface area contributed by atoms with Gasteiger partial charge in [0.05, 0.1) is 6.10 Å². The molecule has 1 heterocycles. The molecule has 0 spiro atoms. The number of aliphatic carboxylic acids is 1. The fourth-order valence-electron chi connectivity index (χ4n) is 2.13. The molecule has 3 unspecified atom stereocenters. The van der Waals surface area contributed by atoms with Gasteiger partial charge in [0.1, 0.15) is 0 Å². The largest absolute Gasteiger partial charge is 0.479 e. The van der Waals surface area contributed by atoms with Crippen LogP contribution < -0.4 is 0 Å². The van der Waals surface area contributed by atoms with E-state index in [9.17, 15) is 4.79 Å². The second-order valence-electron chi connectivity index (χ2n) is 3.54. The lowest BCUT2D eigenvalue weighted by Crippen LogP contribution is -2.36. The van der Waals surface area contributed by atoms with Gasteiger partial charge in [-0.1, -0.05) is 13.3 Å². The quantitative estimate of drug-likeness (QED) is 0.577. The lowest BCUT2D eigenvalue weighted by atomic mass is 9.80. The van der Waals surface area contributed by atoms with Crippen LogP contribution >= 0.6 is 0 Å². The summed E-state index contributed by atoms with van der Waals surface area (Å²) >= 11 is 0. The number of fused-ring (bicyclic) bond motifs is 1. The highest BCUT2D eigenvalue weighted by molar-refractivity contribution is 5.82. The van der Waals surface area contributed by atoms with Crippen molar-refractivity contribution in [2.45, 2.75) is 37.9 Å². The molecule has 3 atom stereocenters. The van der Waals surface area contributed by atoms with E-state index in [1.54, 1.807) is 0 Å². The molecule has 3 nitrogen and oxygen atoms in total. The van der Waals surface area contributed by atoms with Crippen molar-refractivity contribution in [3.8, 4) is 0 Å². The molecule has 1 saturated heterocycles. The van der Waals surface area contributed by atoms with Gasteiger partial charge in [-0.2, -0.15) is 0 Å². The molecule has 1 saturated carbocycles. The second-order valence-corrected chi connectivity index (χ2v) is 3.54. The van der Waals surface area contributed by atoms with Crippen LogP contribution in [0.15, 0.2) is 0 Å². The highest BCUT2D eigenvalue weighted by Gasteiger charge is 2.67. The lowest BCUT2D eigenvalue weighted by molar-refractivity contribution is -0.145. The summed E-state index contributed by atoms with van der Waals surface area (Å²) in [4.78, 5) is 10.8. The van der Waals surface area contributed by atoms with Crippen molar-refractivity contribution in [3.63, 3.8) is 0 Å². The Morgan fingerprint density at radius 3 is 2.82 bits per heavy atom. The maximum atomic E-state index is 10.8. The molecule has 1 N–H and O–H groups in total. The summed E-state index contributed by atoms with van der Waals surface area (Å²) < 4.78 is 5.24. The molecule has 0 aromatic rings. The molecule has 2 rings (SSSR count). The van der Waals surface area contributed by atoms with Gasteiger partial charge in [0.15, 0.2) is 5.60 Å². The highest BCUT2D eigenvalue weighted by Crippen LogP contribution is 2.51. The van der Waals surface area contributed by atoms with Crippen LogP contribution in [0.1, 0.15) is 26.2 Å². The van der Waals surface area contributed by atoms with Crippen LogP contribution in [0.25, 0.3) is 0 Å². The van der Waals surface area contributed by atoms with Gasteiger partial charge in [-0.05, 0) is 18.8 Å². The number of rotatable bonds is 1. The molecule has 2 aliphatic rings. The minimum Gasteiger partial charge on any atom is -0.479 e. The van der Waals surface area contributed by atoms with Crippen molar-refractivity contribution in [2.24, 2.45) is 5.92 Å². The van der Waals surface area contributed by atoms with E-state index in [4.69, 9.17) is 9.84 Å². The summed E-state index contributed by atoms with van der Waals surface area (Å²) in [5.74, 6) is -0.576. The zero-order valence-corrected chi connectivity index (χ0v) is 6.54. The molecule has 2 fully saturated rings. The van der Waals surface area contributed by atoms with Crippen LogP contribution in [0, 0.1) is 5.92 Å². The van der Waals surface area contributed by atoms with Crippen molar-refractivity contribution in [1.29, 1.82) is 0 Å². The predicted octanol–water partition coefficient (Wildman–Crippen LogP) is 1.03. The number of carboxylic acid groups (broad SMARTS) is 1. The van der Waals surface area contributed by atoms with E-state index in [1.165, 1.54) is 0 Å². The number of ether oxygens (including phenoxy) is 1. The van der Waals surface area contributed by atoms with Gasteiger partial charge < -0.3 is 9.84 Å². The minimum atomic E-state index is -0.780. The second kappa shape index (κ2) is 1.97. The fraction of sp³-hybridized carbons (Fsp3) is 0.875. The summed E-state index contributed by atoms with van der Waals surface area (Å²) in [6.07, 6.45) is 3.05. The molecule has 0 aromatic carbocycles. The van der Waals surface area contributed by atoms with Gasteiger partial charge in [-0.25, -0.2) is 4.79 Å². The summed E-state index contributed by atoms with van der Waals surface area (Å²) in [5.41, 5.74) is -0.780. The molecule has 11 heavy (non-hydrogen) atoms. The monoisotopic (exact) mass is 156 g/mol. The Morgan fingerprint density at radius 2 is 2.36 bits per heavy atom. The number of hydrogen-bond donors (Lipinski definition) is 1. The maximum Gasteiger partial charge on any atom is 0.339 e. The average molecular weight is 156 g/mol. The third kappa shape index (κ3) is 0.745. The van der Waals surface area contributed by atoms with Crippen LogP contribution in [0.2, 0.25) is 0 Å². The van der Waals surface area contributed by atoms with Crippen molar-refractivity contribution in [1.82, 2.24) is 0 Å². The molecular formula is C8H12O3. The van der Waals surface area contributed by atoms with E-state index in [2.05, 4.69) is 0 Å². The first-order valence-corrected chi connectivity index (χ1v) is 4.09. The van der Waals surface area contributed by atoms with Gasteiger partial charge in [0.25, 0.3) is 0 Å². The molecular weight excluding hydrogens is 144 g/mol. The Bertz CT molecular complexity index is 202. The van der Waals surface area contributed by atoms with Crippen LogP contribution in [0.4, 0.5) is 0 Å². The van der Waals surface area contributed by atoms with E-state index in [0.717, 1.165) is 19.3 Å². The predicted molar refractivity (Wildman–Crippen MR) is 38.3 cm³/mol. The van der Waals surface area contributed by atoms with E-state index >= 15 is 0 Å². The minimum absolute atomic E-state index is 0.0174. The Kier molecular flexibility index (Phi) is 1.27. The Labute approximate surface area is 65.4 Å². The average Bonchev–Trinajstić information content (AvgIpc) is 2.64. The fourth-order valence-corrected chi connectivity index (χ4v) is 2.13. The molecule has 1 aliphatic carbocycles. The van der Waals surface area contributed by atoms with Gasteiger partial charge in [-0.3, -0.25) is 0 Å². The van der Waals surface area contributed by atoms with E-state index in [1.807, 2.05) is 6.92 Å². The first-order chi connectivity index (χ1) is 5.18. The molecule has 0 radical (unpaired) electrons. The zero-order valence-electron chi connectivity index (χ0n) is 6.54. The first-order valence-electron chi connectivity index (χ1n) is 4.09. The summed E-state index contributed by atoms with van der Waals surface area (Å²) in [6, 6.07) is 0. The summed E-state index contributed by atoms with van der Waals surface area (Å²) in [5, 5.41) is 8.88. The van der Waals surface area contributed by atoms with Gasteiger partial charge in [0.2, 0.25) is 0 Å². The van der Waals surface area contributed by atoms with E-state index in [0.29, 0.717) is 0 Å². The van der Waals surface area contributed by atoms with Crippen molar-refractivity contribution in [2.75, 3.05) is 0 Å². The third-order valence-corrected chi connectivity index (χ3v) is 2.93. The normalized spacial score (nSPS) is 48.1. The molecule has 0 amide bonds. The Hall–Kier alpha value is -0.570. The number of epoxide rings is 1. The molecule has 0 aromatic heterocycles. The smallest absolute Gasteiger partial charge is 0.339 e. The number of carbonyl (C=O) groups is 1. The summed E-state index contributed by atoms with van der Waals surface area (Å²) in [7, 11) is 0. The maximum absolute atomic E-state index is 10.8. The van der Waals surface area contributed by atoms with E-state index < -0.39 is 11.6 Å². The summed E-state index contributed by atoms with van der Waals surface area (Å²) in [6.45, 7) is 1.97. The highest BCUT2D eigenvalue weighted by atomic mass is 16.6.